The molecule has 0 radical (unpaired) electrons. The lowest BCUT2D eigenvalue weighted by molar-refractivity contribution is -0.385. The van der Waals surface area contributed by atoms with E-state index in [2.05, 4.69) is 10.6 Å². The number of nitro benzene ring substituents is 1. The predicted molar refractivity (Wildman–Crippen MR) is 73.9 cm³/mol. The monoisotopic (exact) mass is 297 g/mol. The molecule has 2 rings (SSSR count). The van der Waals surface area contributed by atoms with Gasteiger partial charge in [0.05, 0.1) is 29.3 Å². The standard InChI is InChI=1S/C13H16FN3O4/c1-15-11-5-9(12(17(19)20)6-10(11)14)13(18)16-8-3-2-4-21-7-8/h5-6,8,15H,2-4,7H2,1H3,(H,16,18). The van der Waals surface area contributed by atoms with Gasteiger partial charge < -0.3 is 15.4 Å². The van der Waals surface area contributed by atoms with Crippen molar-refractivity contribution in [2.24, 2.45) is 0 Å². The summed E-state index contributed by atoms with van der Waals surface area (Å²) in [7, 11) is 1.47. The van der Waals surface area contributed by atoms with E-state index in [1.165, 1.54) is 7.05 Å². The van der Waals surface area contributed by atoms with Crippen LogP contribution in [-0.2, 0) is 4.74 Å². The highest BCUT2D eigenvalue weighted by Gasteiger charge is 2.25. The van der Waals surface area contributed by atoms with Crippen LogP contribution in [0.15, 0.2) is 12.1 Å². The van der Waals surface area contributed by atoms with E-state index in [9.17, 15) is 19.3 Å². The van der Waals surface area contributed by atoms with Crippen molar-refractivity contribution in [2.45, 2.75) is 18.9 Å². The van der Waals surface area contributed by atoms with Gasteiger partial charge in [-0.3, -0.25) is 14.9 Å². The first-order valence-electron chi connectivity index (χ1n) is 6.57. The summed E-state index contributed by atoms with van der Waals surface area (Å²) in [5.41, 5.74) is -0.692. The Morgan fingerprint density at radius 3 is 2.86 bits per heavy atom. The maximum atomic E-state index is 13.6. The van der Waals surface area contributed by atoms with Gasteiger partial charge in [-0.15, -0.1) is 0 Å². The smallest absolute Gasteiger partial charge is 0.285 e. The number of rotatable bonds is 4. The van der Waals surface area contributed by atoms with E-state index in [0.29, 0.717) is 13.2 Å². The van der Waals surface area contributed by atoms with Crippen LogP contribution in [0.4, 0.5) is 15.8 Å². The molecule has 2 N–H and O–H groups in total. The number of nitro groups is 1. The van der Waals surface area contributed by atoms with Gasteiger partial charge >= 0.3 is 0 Å². The maximum absolute atomic E-state index is 13.6. The van der Waals surface area contributed by atoms with Crippen molar-refractivity contribution in [3.05, 3.63) is 33.6 Å². The number of carbonyl (C=O) groups excluding carboxylic acids is 1. The Bertz CT molecular complexity index is 559. The normalized spacial score (nSPS) is 18.1. The van der Waals surface area contributed by atoms with Gasteiger partial charge in [0.25, 0.3) is 11.6 Å². The lowest BCUT2D eigenvalue weighted by atomic mass is 10.1. The molecule has 7 nitrogen and oxygen atoms in total. The van der Waals surface area contributed by atoms with E-state index in [4.69, 9.17) is 4.74 Å². The first-order valence-corrected chi connectivity index (χ1v) is 6.57. The van der Waals surface area contributed by atoms with Crippen LogP contribution in [0.3, 0.4) is 0 Å². The highest BCUT2D eigenvalue weighted by Crippen LogP contribution is 2.26. The van der Waals surface area contributed by atoms with Crippen LogP contribution in [0, 0.1) is 15.9 Å². The average molecular weight is 297 g/mol. The number of ether oxygens (including phenoxy) is 1. The van der Waals surface area contributed by atoms with Crippen LogP contribution < -0.4 is 10.6 Å². The molecule has 1 aliphatic rings. The van der Waals surface area contributed by atoms with E-state index in [-0.39, 0.29) is 17.3 Å². The largest absolute Gasteiger partial charge is 0.386 e. The van der Waals surface area contributed by atoms with Crippen molar-refractivity contribution in [1.82, 2.24) is 5.32 Å². The molecule has 1 fully saturated rings. The second-order valence-electron chi connectivity index (χ2n) is 4.74. The zero-order valence-electron chi connectivity index (χ0n) is 11.5. The molecule has 0 saturated carbocycles. The van der Waals surface area contributed by atoms with Crippen LogP contribution in [-0.4, -0.2) is 37.1 Å². The maximum Gasteiger partial charge on any atom is 0.285 e. The zero-order valence-corrected chi connectivity index (χ0v) is 11.5. The summed E-state index contributed by atoms with van der Waals surface area (Å²) in [6.07, 6.45) is 1.57. The molecule has 8 heteroatoms. The minimum absolute atomic E-state index is 0.0330. The molecule has 1 aromatic carbocycles. The highest BCUT2D eigenvalue weighted by molar-refractivity contribution is 5.99. The van der Waals surface area contributed by atoms with Gasteiger partial charge in [-0.2, -0.15) is 0 Å². The Labute approximate surface area is 120 Å². The third kappa shape index (κ3) is 3.46. The Balaban J connectivity index is 2.27. The van der Waals surface area contributed by atoms with Crippen LogP contribution in [0.5, 0.6) is 0 Å². The predicted octanol–water partition coefficient (Wildman–Crippen LogP) is 1.68. The first-order chi connectivity index (χ1) is 10.0. The van der Waals surface area contributed by atoms with E-state index in [1.54, 1.807) is 0 Å². The number of hydrogen-bond acceptors (Lipinski definition) is 5. The minimum Gasteiger partial charge on any atom is -0.386 e. The highest BCUT2D eigenvalue weighted by atomic mass is 19.1. The molecule has 1 amide bonds. The number of anilines is 1. The lowest BCUT2D eigenvalue weighted by Crippen LogP contribution is -2.40. The summed E-state index contributed by atoms with van der Waals surface area (Å²) in [4.78, 5) is 22.4. The summed E-state index contributed by atoms with van der Waals surface area (Å²) < 4.78 is 18.8. The van der Waals surface area contributed by atoms with Gasteiger partial charge in [0.15, 0.2) is 5.82 Å². The van der Waals surface area contributed by atoms with Gasteiger partial charge in [0.1, 0.15) is 5.56 Å². The summed E-state index contributed by atoms with van der Waals surface area (Å²) in [5.74, 6) is -1.38. The van der Waals surface area contributed by atoms with Crippen molar-refractivity contribution >= 4 is 17.3 Å². The molecule has 1 atom stereocenters. The summed E-state index contributed by atoms with van der Waals surface area (Å²) in [5, 5.41) is 16.2. The van der Waals surface area contributed by atoms with Crippen molar-refractivity contribution in [1.29, 1.82) is 0 Å². The van der Waals surface area contributed by atoms with E-state index >= 15 is 0 Å². The molecule has 1 heterocycles. The minimum atomic E-state index is -0.776. The molecule has 0 aliphatic carbocycles. The lowest BCUT2D eigenvalue weighted by Gasteiger charge is -2.23. The van der Waals surface area contributed by atoms with Crippen molar-refractivity contribution in [3.8, 4) is 0 Å². The van der Waals surface area contributed by atoms with Crippen LogP contribution in [0.25, 0.3) is 0 Å². The fraction of sp³-hybridized carbons (Fsp3) is 0.462. The first kappa shape index (κ1) is 15.2. The number of nitrogens with one attached hydrogen (secondary N) is 2. The van der Waals surface area contributed by atoms with Gasteiger partial charge in [0.2, 0.25) is 0 Å². The number of carbonyl (C=O) groups is 1. The number of amides is 1. The third-order valence-corrected chi connectivity index (χ3v) is 3.29. The number of benzene rings is 1. The Morgan fingerprint density at radius 2 is 2.29 bits per heavy atom. The summed E-state index contributed by atoms with van der Waals surface area (Å²) in [6, 6.07) is 1.71. The Kier molecular flexibility index (Phi) is 4.69. The molecule has 0 bridgehead atoms. The van der Waals surface area contributed by atoms with Gasteiger partial charge in [-0.05, 0) is 18.9 Å². The summed E-state index contributed by atoms with van der Waals surface area (Å²) in [6.45, 7) is 1.02. The van der Waals surface area contributed by atoms with Gasteiger partial charge in [0, 0.05) is 13.7 Å². The second-order valence-corrected chi connectivity index (χ2v) is 4.74. The molecule has 21 heavy (non-hydrogen) atoms. The molecule has 1 aliphatic heterocycles. The van der Waals surface area contributed by atoms with E-state index in [0.717, 1.165) is 25.0 Å². The number of nitrogens with zero attached hydrogens (tertiary/aromatic N) is 1. The molecule has 1 unspecified atom stereocenters. The van der Waals surface area contributed by atoms with Crippen molar-refractivity contribution < 1.29 is 18.8 Å². The van der Waals surface area contributed by atoms with Crippen LogP contribution >= 0.6 is 0 Å². The Morgan fingerprint density at radius 1 is 1.52 bits per heavy atom. The fourth-order valence-corrected chi connectivity index (χ4v) is 2.20. The number of hydrogen-bond donors (Lipinski definition) is 2. The number of halogens is 1. The SMILES string of the molecule is CNc1cc(C(=O)NC2CCCOC2)c([N+](=O)[O-])cc1F. The molecule has 0 spiro atoms. The molecule has 1 saturated heterocycles. The van der Waals surface area contributed by atoms with E-state index in [1.807, 2.05) is 0 Å². The van der Waals surface area contributed by atoms with Crippen molar-refractivity contribution in [2.75, 3.05) is 25.6 Å². The third-order valence-electron chi connectivity index (χ3n) is 3.29. The topological polar surface area (TPSA) is 93.5 Å². The van der Waals surface area contributed by atoms with Crippen LogP contribution in [0.1, 0.15) is 23.2 Å². The quantitative estimate of drug-likeness (QED) is 0.651. The zero-order chi connectivity index (χ0) is 15.4. The van der Waals surface area contributed by atoms with Crippen LogP contribution in [0.2, 0.25) is 0 Å². The molecule has 1 aromatic rings. The molecular weight excluding hydrogens is 281 g/mol. The molecule has 0 aromatic heterocycles. The van der Waals surface area contributed by atoms with Crippen molar-refractivity contribution in [3.63, 3.8) is 0 Å². The van der Waals surface area contributed by atoms with Gasteiger partial charge in [-0.1, -0.05) is 0 Å². The average Bonchev–Trinajstić information content (AvgIpc) is 2.47. The summed E-state index contributed by atoms with van der Waals surface area (Å²) >= 11 is 0. The second kappa shape index (κ2) is 6.49. The fourth-order valence-electron chi connectivity index (χ4n) is 2.20. The Hall–Kier alpha value is -2.22. The molecular formula is C13H16FN3O4. The molecule has 114 valence electrons. The van der Waals surface area contributed by atoms with E-state index < -0.39 is 22.3 Å². The van der Waals surface area contributed by atoms with Gasteiger partial charge in [-0.25, -0.2) is 4.39 Å².